The first-order valence-corrected chi connectivity index (χ1v) is 6.96. The van der Waals surface area contributed by atoms with Gasteiger partial charge >= 0.3 is 0 Å². The molecule has 0 aromatic heterocycles. The fourth-order valence-electron chi connectivity index (χ4n) is 2.64. The summed E-state index contributed by atoms with van der Waals surface area (Å²) in [6.07, 6.45) is 6.87. The van der Waals surface area contributed by atoms with E-state index in [1.807, 2.05) is 0 Å². The van der Waals surface area contributed by atoms with Crippen LogP contribution in [-0.2, 0) is 0 Å². The van der Waals surface area contributed by atoms with Gasteiger partial charge in [0.25, 0.3) is 0 Å². The smallest absolute Gasteiger partial charge is 0.00926 e. The van der Waals surface area contributed by atoms with Crippen LogP contribution >= 0.6 is 0 Å². The van der Waals surface area contributed by atoms with Crippen LogP contribution in [0.25, 0.3) is 0 Å². The first-order chi connectivity index (χ1) is 7.55. The molecule has 1 aliphatic rings. The van der Waals surface area contributed by atoms with Crippen molar-refractivity contribution in [3.8, 4) is 0 Å². The third-order valence-corrected chi connectivity index (χ3v) is 4.05. The quantitative estimate of drug-likeness (QED) is 0.701. The molecule has 0 aliphatic heterocycles. The third-order valence-electron chi connectivity index (χ3n) is 4.05. The monoisotopic (exact) mass is 226 g/mol. The van der Waals surface area contributed by atoms with Crippen molar-refractivity contribution in [1.29, 1.82) is 0 Å². The van der Waals surface area contributed by atoms with Crippen molar-refractivity contribution in [2.75, 3.05) is 26.7 Å². The topological polar surface area (TPSA) is 15.3 Å². The van der Waals surface area contributed by atoms with E-state index in [4.69, 9.17) is 0 Å². The summed E-state index contributed by atoms with van der Waals surface area (Å²) < 4.78 is 0. The van der Waals surface area contributed by atoms with E-state index >= 15 is 0 Å². The molecule has 2 heteroatoms. The largest absolute Gasteiger partial charge is 0.317 e. The highest BCUT2D eigenvalue weighted by Crippen LogP contribution is 2.36. The van der Waals surface area contributed by atoms with Gasteiger partial charge in [-0.2, -0.15) is 0 Å². The summed E-state index contributed by atoms with van der Waals surface area (Å²) in [5.74, 6) is 0. The summed E-state index contributed by atoms with van der Waals surface area (Å²) in [5, 5.41) is 3.39. The van der Waals surface area contributed by atoms with Gasteiger partial charge in [-0.3, -0.25) is 0 Å². The van der Waals surface area contributed by atoms with Gasteiger partial charge in [-0.05, 0) is 64.2 Å². The highest BCUT2D eigenvalue weighted by atomic mass is 15.1. The Bertz CT molecular complexity index is 179. The predicted molar refractivity (Wildman–Crippen MR) is 71.8 cm³/mol. The summed E-state index contributed by atoms with van der Waals surface area (Å²) in [5.41, 5.74) is 0.598. The minimum absolute atomic E-state index is 0.598. The van der Waals surface area contributed by atoms with E-state index in [0.717, 1.165) is 12.6 Å². The Morgan fingerprint density at radius 1 is 1.25 bits per heavy atom. The van der Waals surface area contributed by atoms with E-state index in [0.29, 0.717) is 5.41 Å². The molecule has 1 rings (SSSR count). The molecule has 1 aliphatic carbocycles. The molecule has 1 fully saturated rings. The van der Waals surface area contributed by atoms with Crippen LogP contribution in [0.1, 0.15) is 52.9 Å². The van der Waals surface area contributed by atoms with Gasteiger partial charge in [-0.15, -0.1) is 0 Å². The lowest BCUT2D eigenvalue weighted by atomic mass is 9.75. The van der Waals surface area contributed by atoms with Gasteiger partial charge in [0, 0.05) is 6.04 Å². The Morgan fingerprint density at radius 2 is 1.88 bits per heavy atom. The molecule has 0 atom stereocenters. The van der Waals surface area contributed by atoms with Gasteiger partial charge in [0.1, 0.15) is 0 Å². The van der Waals surface area contributed by atoms with Crippen LogP contribution in [0.15, 0.2) is 0 Å². The average Bonchev–Trinajstić information content (AvgIpc) is 2.24. The molecule has 16 heavy (non-hydrogen) atoms. The first-order valence-electron chi connectivity index (χ1n) is 6.96. The van der Waals surface area contributed by atoms with Crippen molar-refractivity contribution in [2.24, 2.45) is 5.41 Å². The van der Waals surface area contributed by atoms with Gasteiger partial charge in [-0.25, -0.2) is 0 Å². The fraction of sp³-hybridized carbons (Fsp3) is 1.00. The molecule has 0 aromatic rings. The van der Waals surface area contributed by atoms with Crippen LogP contribution in [0.4, 0.5) is 0 Å². The summed E-state index contributed by atoms with van der Waals surface area (Å²) in [6, 6.07) is 0.842. The van der Waals surface area contributed by atoms with Crippen molar-refractivity contribution in [2.45, 2.75) is 58.9 Å². The van der Waals surface area contributed by atoms with E-state index in [9.17, 15) is 0 Å². The van der Waals surface area contributed by atoms with Crippen LogP contribution < -0.4 is 5.32 Å². The molecule has 1 N–H and O–H groups in total. The summed E-state index contributed by atoms with van der Waals surface area (Å²) in [6.45, 7) is 10.5. The number of nitrogens with one attached hydrogen (secondary N) is 1. The first kappa shape index (κ1) is 14.0. The maximum absolute atomic E-state index is 3.39. The second-order valence-electron chi connectivity index (χ2n) is 6.08. The Hall–Kier alpha value is -0.0800. The lowest BCUT2D eigenvalue weighted by Gasteiger charge is -2.38. The third kappa shape index (κ3) is 4.84. The van der Waals surface area contributed by atoms with Gasteiger partial charge in [0.05, 0.1) is 0 Å². The molecule has 0 heterocycles. The Labute approximate surface area is 102 Å². The van der Waals surface area contributed by atoms with Crippen molar-refractivity contribution >= 4 is 0 Å². The van der Waals surface area contributed by atoms with Gasteiger partial charge in [0.15, 0.2) is 0 Å². The normalized spacial score (nSPS) is 21.6. The number of hydrogen-bond acceptors (Lipinski definition) is 2. The van der Waals surface area contributed by atoms with E-state index in [2.05, 4.69) is 38.0 Å². The SMILES string of the molecule is CCNCCCN(C)C1CCC(C)(C)CC1. The Kier molecular flexibility index (Phi) is 5.77. The predicted octanol–water partition coefficient (Wildman–Crippen LogP) is 2.89. The number of hydrogen-bond donors (Lipinski definition) is 1. The van der Waals surface area contributed by atoms with E-state index in [-0.39, 0.29) is 0 Å². The summed E-state index contributed by atoms with van der Waals surface area (Å²) in [7, 11) is 2.30. The zero-order chi connectivity index (χ0) is 12.0. The maximum atomic E-state index is 3.39. The molecule has 0 spiro atoms. The average molecular weight is 226 g/mol. The second kappa shape index (κ2) is 6.61. The van der Waals surface area contributed by atoms with Gasteiger partial charge in [0.2, 0.25) is 0 Å². The van der Waals surface area contributed by atoms with Crippen molar-refractivity contribution < 1.29 is 0 Å². The molecule has 0 unspecified atom stereocenters. The fourth-order valence-corrected chi connectivity index (χ4v) is 2.64. The van der Waals surface area contributed by atoms with E-state index in [1.54, 1.807) is 0 Å². The highest BCUT2D eigenvalue weighted by Gasteiger charge is 2.28. The minimum atomic E-state index is 0.598. The molecule has 0 aromatic carbocycles. The van der Waals surface area contributed by atoms with Crippen molar-refractivity contribution in [3.63, 3.8) is 0 Å². The highest BCUT2D eigenvalue weighted by molar-refractivity contribution is 4.82. The number of nitrogens with zero attached hydrogens (tertiary/aromatic N) is 1. The van der Waals surface area contributed by atoms with Crippen LogP contribution in [0.3, 0.4) is 0 Å². The van der Waals surface area contributed by atoms with Crippen LogP contribution in [-0.4, -0.2) is 37.6 Å². The van der Waals surface area contributed by atoms with Crippen LogP contribution in [0.5, 0.6) is 0 Å². The molecule has 0 radical (unpaired) electrons. The lowest BCUT2D eigenvalue weighted by molar-refractivity contribution is 0.127. The van der Waals surface area contributed by atoms with Gasteiger partial charge < -0.3 is 10.2 Å². The second-order valence-corrected chi connectivity index (χ2v) is 6.08. The lowest BCUT2D eigenvalue weighted by Crippen LogP contribution is -2.38. The minimum Gasteiger partial charge on any atom is -0.317 e. The Balaban J connectivity index is 2.15. The Morgan fingerprint density at radius 3 is 2.44 bits per heavy atom. The van der Waals surface area contributed by atoms with Crippen molar-refractivity contribution in [1.82, 2.24) is 10.2 Å². The standard InChI is InChI=1S/C14H30N2/c1-5-15-11-6-12-16(4)13-7-9-14(2,3)10-8-13/h13,15H,5-12H2,1-4H3. The molecule has 0 amide bonds. The molecular formula is C14H30N2. The molecule has 0 saturated heterocycles. The van der Waals surface area contributed by atoms with Crippen LogP contribution in [0.2, 0.25) is 0 Å². The van der Waals surface area contributed by atoms with Gasteiger partial charge in [-0.1, -0.05) is 20.8 Å². The molecule has 96 valence electrons. The van der Waals surface area contributed by atoms with E-state index < -0.39 is 0 Å². The molecule has 1 saturated carbocycles. The summed E-state index contributed by atoms with van der Waals surface area (Å²) >= 11 is 0. The zero-order valence-corrected chi connectivity index (χ0v) is 11.7. The molecule has 0 bridgehead atoms. The molecule has 2 nitrogen and oxygen atoms in total. The summed E-state index contributed by atoms with van der Waals surface area (Å²) in [4.78, 5) is 2.58. The number of rotatable bonds is 6. The van der Waals surface area contributed by atoms with Crippen LogP contribution in [0, 0.1) is 5.41 Å². The van der Waals surface area contributed by atoms with Crippen molar-refractivity contribution in [3.05, 3.63) is 0 Å². The van der Waals surface area contributed by atoms with E-state index in [1.165, 1.54) is 45.2 Å². The zero-order valence-electron chi connectivity index (χ0n) is 11.7. The maximum Gasteiger partial charge on any atom is 0.00926 e. The molecular weight excluding hydrogens is 196 g/mol.